The molecule has 1 aliphatic rings. The van der Waals surface area contributed by atoms with Crippen molar-refractivity contribution in [3.05, 3.63) is 46.5 Å². The molecule has 1 aliphatic heterocycles. The summed E-state index contributed by atoms with van der Waals surface area (Å²) in [5.41, 5.74) is 5.58. The molecule has 2 aromatic rings. The summed E-state index contributed by atoms with van der Waals surface area (Å²) in [6.07, 6.45) is -9.23. The van der Waals surface area contributed by atoms with E-state index in [0.717, 1.165) is 43.1 Å². The van der Waals surface area contributed by atoms with Crippen LogP contribution in [0.25, 0.3) is 0 Å². The van der Waals surface area contributed by atoms with Gasteiger partial charge in [0.1, 0.15) is 6.61 Å². The van der Waals surface area contributed by atoms with Crippen molar-refractivity contribution in [3.63, 3.8) is 0 Å². The molecule has 0 saturated heterocycles. The first kappa shape index (κ1) is 34.3. The maximum Gasteiger partial charge on any atom is 0.490 e. The van der Waals surface area contributed by atoms with Gasteiger partial charge in [-0.2, -0.15) is 31.4 Å². The number of halogens is 6. The number of carbonyl (C=O) groups is 3. The molecule has 0 spiro atoms. The van der Waals surface area contributed by atoms with E-state index in [9.17, 15) is 31.1 Å². The standard InChI is InChI=1S/C19H27N5O2.2C2HF3O2/c1-14-6-5-7-15(20-14)10-24-9-8-16-17(21-23(4)18(16)11-24)12-26-13-19(25)22(2)3;2*3-2(4,5)1(6)7/h5-7H,8-13H2,1-4H3;2*(H,6,7). The van der Waals surface area contributed by atoms with Crippen LogP contribution in [-0.2, 0) is 52.3 Å². The Morgan fingerprint density at radius 3 is 2.08 bits per heavy atom. The highest BCUT2D eigenvalue weighted by molar-refractivity contribution is 5.76. The largest absolute Gasteiger partial charge is 0.490 e. The van der Waals surface area contributed by atoms with Gasteiger partial charge < -0.3 is 19.8 Å². The third-order valence-corrected chi connectivity index (χ3v) is 5.19. The van der Waals surface area contributed by atoms with E-state index in [-0.39, 0.29) is 12.5 Å². The molecule has 11 nitrogen and oxygen atoms in total. The lowest BCUT2D eigenvalue weighted by molar-refractivity contribution is -0.193. The van der Waals surface area contributed by atoms with Gasteiger partial charge in [-0.3, -0.25) is 19.4 Å². The number of carboxylic acids is 2. The Hall–Kier alpha value is -3.73. The molecule has 1 amide bonds. The van der Waals surface area contributed by atoms with Gasteiger partial charge in [-0.25, -0.2) is 9.59 Å². The van der Waals surface area contributed by atoms with E-state index in [4.69, 9.17) is 24.5 Å². The Morgan fingerprint density at radius 1 is 1.05 bits per heavy atom. The first-order valence-electron chi connectivity index (χ1n) is 11.4. The third kappa shape index (κ3) is 11.6. The van der Waals surface area contributed by atoms with E-state index in [0.29, 0.717) is 6.61 Å². The molecule has 2 aromatic heterocycles. The molecule has 0 atom stereocenters. The van der Waals surface area contributed by atoms with Crippen LogP contribution in [0.4, 0.5) is 26.3 Å². The summed E-state index contributed by atoms with van der Waals surface area (Å²) >= 11 is 0. The summed E-state index contributed by atoms with van der Waals surface area (Å²) < 4.78 is 71.0. The predicted octanol–water partition coefficient (Wildman–Crippen LogP) is 2.55. The maximum absolute atomic E-state index is 11.6. The molecule has 0 aliphatic carbocycles. The maximum atomic E-state index is 11.6. The fraction of sp³-hybridized carbons (Fsp3) is 0.522. The molecule has 0 saturated carbocycles. The minimum atomic E-state index is -5.08. The van der Waals surface area contributed by atoms with Crippen molar-refractivity contribution < 1.29 is 55.7 Å². The van der Waals surface area contributed by atoms with Crippen LogP contribution in [-0.4, -0.2) is 92.2 Å². The Morgan fingerprint density at radius 2 is 1.60 bits per heavy atom. The van der Waals surface area contributed by atoms with Crippen molar-refractivity contribution in [3.8, 4) is 0 Å². The smallest absolute Gasteiger partial charge is 0.475 e. The first-order chi connectivity index (χ1) is 18.3. The lowest BCUT2D eigenvalue weighted by atomic mass is 10.0. The highest BCUT2D eigenvalue weighted by atomic mass is 19.4. The monoisotopic (exact) mass is 585 g/mol. The van der Waals surface area contributed by atoms with E-state index in [1.165, 1.54) is 16.2 Å². The van der Waals surface area contributed by atoms with Gasteiger partial charge >= 0.3 is 24.3 Å². The quantitative estimate of drug-likeness (QED) is 0.490. The van der Waals surface area contributed by atoms with Crippen LogP contribution in [0.1, 0.15) is 28.3 Å². The molecular formula is C23H29F6N5O6. The average molecular weight is 586 g/mol. The fourth-order valence-electron chi connectivity index (χ4n) is 3.24. The number of aliphatic carboxylic acids is 2. The average Bonchev–Trinajstić information content (AvgIpc) is 3.13. The van der Waals surface area contributed by atoms with Crippen LogP contribution in [0.15, 0.2) is 18.2 Å². The number of alkyl halides is 6. The van der Waals surface area contributed by atoms with E-state index in [2.05, 4.69) is 27.1 Å². The molecule has 0 aromatic carbocycles. The van der Waals surface area contributed by atoms with Gasteiger partial charge in [0.2, 0.25) is 5.91 Å². The van der Waals surface area contributed by atoms with Gasteiger partial charge in [0.15, 0.2) is 0 Å². The molecule has 0 unspecified atom stereocenters. The van der Waals surface area contributed by atoms with Gasteiger partial charge in [0.25, 0.3) is 0 Å². The molecule has 3 rings (SSSR count). The highest BCUT2D eigenvalue weighted by Gasteiger charge is 2.38. The van der Waals surface area contributed by atoms with Crippen molar-refractivity contribution in [1.82, 2.24) is 24.6 Å². The topological polar surface area (TPSA) is 138 Å². The van der Waals surface area contributed by atoms with Crippen molar-refractivity contribution in [2.75, 3.05) is 27.2 Å². The molecular weight excluding hydrogens is 556 g/mol. The Kier molecular flexibility index (Phi) is 12.5. The van der Waals surface area contributed by atoms with Crippen LogP contribution in [0.3, 0.4) is 0 Å². The van der Waals surface area contributed by atoms with Crippen LogP contribution >= 0.6 is 0 Å². The number of hydrogen-bond acceptors (Lipinski definition) is 7. The van der Waals surface area contributed by atoms with E-state index < -0.39 is 24.3 Å². The van der Waals surface area contributed by atoms with Crippen LogP contribution < -0.4 is 0 Å². The molecule has 0 radical (unpaired) electrons. The van der Waals surface area contributed by atoms with Crippen molar-refractivity contribution in [2.24, 2.45) is 7.05 Å². The number of aromatic nitrogens is 3. The summed E-state index contributed by atoms with van der Waals surface area (Å²) in [6, 6.07) is 6.15. The molecule has 17 heteroatoms. The second kappa shape index (κ2) is 14.6. The normalized spacial score (nSPS) is 13.2. The zero-order valence-corrected chi connectivity index (χ0v) is 22.0. The van der Waals surface area contributed by atoms with E-state index >= 15 is 0 Å². The minimum absolute atomic E-state index is 0.0355. The van der Waals surface area contributed by atoms with Crippen molar-refractivity contribution >= 4 is 17.8 Å². The minimum Gasteiger partial charge on any atom is -0.475 e. The number of rotatable bonds is 6. The number of fused-ring (bicyclic) bond motifs is 1. The molecule has 2 N–H and O–H groups in total. The summed E-state index contributed by atoms with van der Waals surface area (Å²) in [5.74, 6) is -5.55. The Labute approximate surface area is 224 Å². The second-order valence-corrected chi connectivity index (χ2v) is 8.61. The van der Waals surface area contributed by atoms with Gasteiger partial charge in [0.05, 0.1) is 23.7 Å². The fourth-order valence-corrected chi connectivity index (χ4v) is 3.24. The number of ether oxygens (including phenoxy) is 1. The number of carbonyl (C=O) groups excluding carboxylic acids is 1. The predicted molar refractivity (Wildman–Crippen MR) is 126 cm³/mol. The summed E-state index contributed by atoms with van der Waals surface area (Å²) in [6.45, 7) is 5.15. The zero-order chi connectivity index (χ0) is 30.8. The van der Waals surface area contributed by atoms with Gasteiger partial charge in [-0.15, -0.1) is 0 Å². The lowest BCUT2D eigenvalue weighted by Crippen LogP contribution is -2.31. The molecule has 3 heterocycles. The summed E-state index contributed by atoms with van der Waals surface area (Å²) in [5, 5.41) is 18.9. The molecule has 40 heavy (non-hydrogen) atoms. The van der Waals surface area contributed by atoms with Crippen molar-refractivity contribution in [2.45, 2.75) is 45.4 Å². The Balaban J connectivity index is 0.000000473. The van der Waals surface area contributed by atoms with Crippen LogP contribution in [0, 0.1) is 6.92 Å². The number of pyridine rings is 1. The molecule has 0 fully saturated rings. The molecule has 224 valence electrons. The van der Waals surface area contributed by atoms with Crippen LogP contribution in [0.5, 0.6) is 0 Å². The second-order valence-electron chi connectivity index (χ2n) is 8.61. The lowest BCUT2D eigenvalue weighted by Gasteiger charge is -2.27. The van der Waals surface area contributed by atoms with Crippen molar-refractivity contribution in [1.29, 1.82) is 0 Å². The number of amides is 1. The van der Waals surface area contributed by atoms with Gasteiger partial charge in [0, 0.05) is 52.0 Å². The first-order valence-corrected chi connectivity index (χ1v) is 11.4. The highest BCUT2D eigenvalue weighted by Crippen LogP contribution is 2.23. The number of carboxylic acid groups (broad SMARTS) is 2. The van der Waals surface area contributed by atoms with E-state index in [1.54, 1.807) is 14.1 Å². The summed E-state index contributed by atoms with van der Waals surface area (Å²) in [7, 11) is 5.43. The molecule has 0 bridgehead atoms. The third-order valence-electron chi connectivity index (χ3n) is 5.19. The van der Waals surface area contributed by atoms with Gasteiger partial charge in [-0.05, 0) is 25.5 Å². The Bertz CT molecular complexity index is 1140. The number of likely N-dealkylation sites (N-methyl/N-ethyl adjacent to an activating group) is 1. The SMILES string of the molecule is Cc1cccc(CN2CCc3c(COCC(=O)N(C)C)nn(C)c3C2)n1.O=C(O)C(F)(F)F.O=C(O)C(F)(F)F. The van der Waals surface area contributed by atoms with E-state index in [1.807, 2.05) is 24.7 Å². The van der Waals surface area contributed by atoms with Crippen LogP contribution in [0.2, 0.25) is 0 Å². The zero-order valence-electron chi connectivity index (χ0n) is 22.0. The van der Waals surface area contributed by atoms with Gasteiger partial charge in [-0.1, -0.05) is 6.07 Å². The number of nitrogens with zero attached hydrogens (tertiary/aromatic N) is 5. The number of hydrogen-bond donors (Lipinski definition) is 2. The summed E-state index contributed by atoms with van der Waals surface area (Å²) in [4.78, 5) is 38.0. The number of aryl methyl sites for hydroxylation is 2.